The summed E-state index contributed by atoms with van der Waals surface area (Å²) < 4.78 is 5.68. The fourth-order valence-corrected chi connectivity index (χ4v) is 4.46. The fourth-order valence-electron chi connectivity index (χ4n) is 3.60. The number of rotatable bonds is 5. The van der Waals surface area contributed by atoms with E-state index >= 15 is 0 Å². The van der Waals surface area contributed by atoms with Crippen molar-refractivity contribution in [3.8, 4) is 0 Å². The molecule has 4 rings (SSSR count). The van der Waals surface area contributed by atoms with Crippen LogP contribution in [-0.2, 0) is 0 Å². The molecule has 1 unspecified atom stereocenters. The zero-order chi connectivity index (χ0) is 18.8. The van der Waals surface area contributed by atoms with E-state index in [9.17, 15) is 9.59 Å². The lowest BCUT2D eigenvalue weighted by atomic mass is 10.1. The molecule has 3 aromatic rings. The van der Waals surface area contributed by atoms with Crippen LogP contribution >= 0.6 is 23.7 Å². The van der Waals surface area contributed by atoms with Gasteiger partial charge in [-0.15, -0.1) is 23.7 Å². The summed E-state index contributed by atoms with van der Waals surface area (Å²) in [7, 11) is 0. The molecule has 0 saturated carbocycles. The van der Waals surface area contributed by atoms with Crippen molar-refractivity contribution >= 4 is 40.6 Å². The molecule has 0 bridgehead atoms. The molecule has 5 nitrogen and oxygen atoms in total. The summed E-state index contributed by atoms with van der Waals surface area (Å²) in [5, 5.41) is 5.52. The molecule has 1 saturated heterocycles. The van der Waals surface area contributed by atoms with Crippen LogP contribution in [0.2, 0.25) is 0 Å². The van der Waals surface area contributed by atoms with Gasteiger partial charge in [-0.1, -0.05) is 17.7 Å². The number of hydrogen-bond acceptors (Lipinski definition) is 5. The number of carbonyl (C=O) groups excluding carboxylic acids is 1. The number of fused-ring (bicyclic) bond motifs is 1. The average molecular weight is 419 g/mol. The van der Waals surface area contributed by atoms with Crippen LogP contribution in [0.5, 0.6) is 0 Å². The zero-order valence-electron chi connectivity index (χ0n) is 15.6. The third kappa shape index (κ3) is 4.29. The molecule has 0 radical (unpaired) electrons. The Morgan fingerprint density at radius 2 is 2.04 bits per heavy atom. The second-order valence-corrected chi connectivity index (χ2v) is 7.94. The number of likely N-dealkylation sites (tertiary alicyclic amines) is 1. The van der Waals surface area contributed by atoms with E-state index in [1.165, 1.54) is 23.8 Å². The standard InChI is InChI=1S/C21H22N2O3S.ClH/c1-14-6-7-18-15(11-14)17(24)12-19(26-18)21(25)22-13-16(20-5-4-10-27-20)23-8-2-3-9-23;/h4-7,10-12,16H,2-3,8-9,13H2,1H3,(H,22,25);1H. The highest BCUT2D eigenvalue weighted by Crippen LogP contribution is 2.28. The molecular weight excluding hydrogens is 396 g/mol. The Balaban J connectivity index is 0.00000225. The van der Waals surface area contributed by atoms with Crippen molar-refractivity contribution in [2.45, 2.75) is 25.8 Å². The van der Waals surface area contributed by atoms with E-state index in [-0.39, 0.29) is 35.5 Å². The number of halogens is 1. The largest absolute Gasteiger partial charge is 0.451 e. The van der Waals surface area contributed by atoms with Crippen LogP contribution in [0, 0.1) is 6.92 Å². The maximum atomic E-state index is 12.6. The van der Waals surface area contributed by atoms with Gasteiger partial charge in [-0.3, -0.25) is 14.5 Å². The third-order valence-corrected chi connectivity index (χ3v) is 5.99. The number of aryl methyl sites for hydroxylation is 1. The zero-order valence-corrected chi connectivity index (χ0v) is 17.3. The van der Waals surface area contributed by atoms with Crippen LogP contribution in [0.15, 0.2) is 51.0 Å². The number of nitrogens with zero attached hydrogens (tertiary/aromatic N) is 1. The lowest BCUT2D eigenvalue weighted by molar-refractivity contribution is 0.0911. The molecule has 28 heavy (non-hydrogen) atoms. The Labute approximate surface area is 173 Å². The predicted octanol–water partition coefficient (Wildman–Crippen LogP) is 4.15. The maximum absolute atomic E-state index is 12.6. The van der Waals surface area contributed by atoms with Gasteiger partial charge in [0, 0.05) is 17.5 Å². The molecule has 0 aliphatic carbocycles. The van der Waals surface area contributed by atoms with E-state index in [0.29, 0.717) is 17.5 Å². The van der Waals surface area contributed by atoms with E-state index in [1.54, 1.807) is 23.5 Å². The van der Waals surface area contributed by atoms with Crippen LogP contribution in [-0.4, -0.2) is 30.4 Å². The van der Waals surface area contributed by atoms with Crippen LogP contribution in [0.1, 0.15) is 39.9 Å². The van der Waals surface area contributed by atoms with Crippen molar-refractivity contribution in [3.05, 3.63) is 68.2 Å². The van der Waals surface area contributed by atoms with Crippen molar-refractivity contribution in [1.29, 1.82) is 0 Å². The van der Waals surface area contributed by atoms with Crippen molar-refractivity contribution in [2.75, 3.05) is 19.6 Å². The van der Waals surface area contributed by atoms with Crippen molar-refractivity contribution < 1.29 is 9.21 Å². The fraction of sp³-hybridized carbons (Fsp3) is 0.333. The monoisotopic (exact) mass is 418 g/mol. The summed E-state index contributed by atoms with van der Waals surface area (Å²) in [6, 6.07) is 11.0. The van der Waals surface area contributed by atoms with Crippen molar-refractivity contribution in [1.82, 2.24) is 10.2 Å². The number of thiophene rings is 1. The molecule has 0 spiro atoms. The number of benzene rings is 1. The smallest absolute Gasteiger partial charge is 0.287 e. The molecule has 1 aliphatic rings. The molecule has 1 atom stereocenters. The van der Waals surface area contributed by atoms with Gasteiger partial charge >= 0.3 is 0 Å². The highest BCUT2D eigenvalue weighted by molar-refractivity contribution is 7.10. The van der Waals surface area contributed by atoms with E-state index in [0.717, 1.165) is 18.7 Å². The molecule has 1 aromatic carbocycles. The van der Waals surface area contributed by atoms with Crippen LogP contribution in [0.3, 0.4) is 0 Å². The number of nitrogens with one attached hydrogen (secondary N) is 1. The molecule has 1 N–H and O–H groups in total. The summed E-state index contributed by atoms with van der Waals surface area (Å²) in [5.41, 5.74) is 1.23. The summed E-state index contributed by atoms with van der Waals surface area (Å²) in [6.07, 6.45) is 2.38. The number of amides is 1. The molecule has 1 fully saturated rings. The lowest BCUT2D eigenvalue weighted by Gasteiger charge is -2.26. The van der Waals surface area contributed by atoms with Gasteiger partial charge in [-0.05, 0) is 56.4 Å². The van der Waals surface area contributed by atoms with Gasteiger partial charge < -0.3 is 9.73 Å². The molecule has 3 heterocycles. The first-order chi connectivity index (χ1) is 13.1. The van der Waals surface area contributed by atoms with Gasteiger partial charge in [0.1, 0.15) is 5.58 Å². The van der Waals surface area contributed by atoms with Crippen LogP contribution in [0.25, 0.3) is 11.0 Å². The minimum absolute atomic E-state index is 0. The van der Waals surface area contributed by atoms with Gasteiger partial charge in [0.15, 0.2) is 11.2 Å². The Bertz CT molecular complexity index is 1010. The van der Waals surface area contributed by atoms with Gasteiger partial charge in [0.05, 0.1) is 11.4 Å². The molecule has 1 amide bonds. The van der Waals surface area contributed by atoms with Crippen LogP contribution < -0.4 is 10.7 Å². The van der Waals surface area contributed by atoms with Gasteiger partial charge in [-0.2, -0.15) is 0 Å². The molecule has 7 heteroatoms. The second kappa shape index (κ2) is 8.90. The molecule has 1 aliphatic heterocycles. The number of carbonyl (C=O) groups is 1. The van der Waals surface area contributed by atoms with E-state index in [4.69, 9.17) is 4.42 Å². The van der Waals surface area contributed by atoms with Crippen LogP contribution in [0.4, 0.5) is 0 Å². The normalized spacial score (nSPS) is 15.3. The topological polar surface area (TPSA) is 62.6 Å². The first-order valence-corrected chi connectivity index (χ1v) is 10.1. The third-order valence-electron chi connectivity index (χ3n) is 5.02. The second-order valence-electron chi connectivity index (χ2n) is 6.96. The molecular formula is C21H23ClN2O3S. The summed E-state index contributed by atoms with van der Waals surface area (Å²) in [5.74, 6) is -0.293. The maximum Gasteiger partial charge on any atom is 0.287 e. The molecule has 148 valence electrons. The highest BCUT2D eigenvalue weighted by Gasteiger charge is 2.25. The lowest BCUT2D eigenvalue weighted by Crippen LogP contribution is -2.36. The van der Waals surface area contributed by atoms with E-state index in [2.05, 4.69) is 21.7 Å². The summed E-state index contributed by atoms with van der Waals surface area (Å²) in [6.45, 7) is 4.50. The van der Waals surface area contributed by atoms with Gasteiger partial charge in [0.2, 0.25) is 0 Å². The first-order valence-electron chi connectivity index (χ1n) is 9.22. The number of hydrogen-bond donors (Lipinski definition) is 1. The predicted molar refractivity (Wildman–Crippen MR) is 115 cm³/mol. The Morgan fingerprint density at radius 1 is 1.25 bits per heavy atom. The highest BCUT2D eigenvalue weighted by atomic mass is 35.5. The first kappa shape index (κ1) is 20.6. The van der Waals surface area contributed by atoms with Gasteiger partial charge in [0.25, 0.3) is 5.91 Å². The minimum Gasteiger partial charge on any atom is -0.451 e. The Kier molecular flexibility index (Phi) is 6.54. The van der Waals surface area contributed by atoms with E-state index < -0.39 is 0 Å². The van der Waals surface area contributed by atoms with E-state index in [1.807, 2.05) is 19.1 Å². The molecule has 2 aromatic heterocycles. The van der Waals surface area contributed by atoms with Gasteiger partial charge in [-0.25, -0.2) is 0 Å². The SMILES string of the molecule is Cc1ccc2oc(C(=O)NCC(c3cccs3)N3CCCC3)cc(=O)c2c1.Cl. The van der Waals surface area contributed by atoms with Crippen molar-refractivity contribution in [3.63, 3.8) is 0 Å². The Hall–Kier alpha value is -2.15. The Morgan fingerprint density at radius 3 is 2.75 bits per heavy atom. The summed E-state index contributed by atoms with van der Waals surface area (Å²) in [4.78, 5) is 28.6. The quantitative estimate of drug-likeness (QED) is 0.676. The van der Waals surface area contributed by atoms with Crippen molar-refractivity contribution in [2.24, 2.45) is 0 Å². The minimum atomic E-state index is -0.352. The average Bonchev–Trinajstić information content (AvgIpc) is 3.36. The summed E-state index contributed by atoms with van der Waals surface area (Å²) >= 11 is 1.70.